The first kappa shape index (κ1) is 16.2. The van der Waals surface area contributed by atoms with Crippen LogP contribution in [0.15, 0.2) is 36.4 Å². The standard InChI is InChI=1S/C19H24N2OS/c1-14-7-8-18(23-14)9-11-21-19(22)16-5-2-4-15(12-16)17-6-3-10-20-13-17/h2,4-5,7-8,12,17,20H,3,6,9-11,13H2,1H3,(H,21,22). The van der Waals surface area contributed by atoms with Crippen LogP contribution in [-0.4, -0.2) is 25.5 Å². The molecule has 4 heteroatoms. The zero-order valence-electron chi connectivity index (χ0n) is 13.6. The van der Waals surface area contributed by atoms with E-state index in [9.17, 15) is 4.79 Å². The van der Waals surface area contributed by atoms with Gasteiger partial charge in [-0.05, 0) is 68.5 Å². The molecule has 1 aromatic heterocycles. The van der Waals surface area contributed by atoms with Crippen molar-refractivity contribution in [1.29, 1.82) is 0 Å². The van der Waals surface area contributed by atoms with E-state index in [-0.39, 0.29) is 5.91 Å². The van der Waals surface area contributed by atoms with Crippen LogP contribution in [0.5, 0.6) is 0 Å². The number of piperidine rings is 1. The molecule has 0 saturated carbocycles. The van der Waals surface area contributed by atoms with E-state index in [4.69, 9.17) is 0 Å². The highest BCUT2D eigenvalue weighted by Gasteiger charge is 2.16. The smallest absolute Gasteiger partial charge is 0.251 e. The van der Waals surface area contributed by atoms with Gasteiger partial charge in [-0.3, -0.25) is 4.79 Å². The maximum atomic E-state index is 12.4. The fourth-order valence-electron chi connectivity index (χ4n) is 3.09. The molecule has 2 heterocycles. The van der Waals surface area contributed by atoms with Crippen molar-refractivity contribution in [3.05, 3.63) is 57.3 Å². The van der Waals surface area contributed by atoms with Crippen LogP contribution in [0.2, 0.25) is 0 Å². The minimum Gasteiger partial charge on any atom is -0.352 e. The van der Waals surface area contributed by atoms with Gasteiger partial charge in [-0.25, -0.2) is 0 Å². The summed E-state index contributed by atoms with van der Waals surface area (Å²) in [6.07, 6.45) is 3.31. The van der Waals surface area contributed by atoms with Crippen LogP contribution >= 0.6 is 11.3 Å². The van der Waals surface area contributed by atoms with E-state index in [1.165, 1.54) is 28.2 Å². The second-order valence-electron chi connectivity index (χ2n) is 6.19. The Labute approximate surface area is 142 Å². The van der Waals surface area contributed by atoms with Crippen molar-refractivity contribution in [2.24, 2.45) is 0 Å². The lowest BCUT2D eigenvalue weighted by molar-refractivity contribution is 0.0954. The first-order valence-electron chi connectivity index (χ1n) is 8.36. The van der Waals surface area contributed by atoms with E-state index in [0.717, 1.165) is 25.1 Å². The second-order valence-corrected chi connectivity index (χ2v) is 7.56. The minimum absolute atomic E-state index is 0.0314. The average Bonchev–Trinajstić information content (AvgIpc) is 3.01. The van der Waals surface area contributed by atoms with Crippen LogP contribution in [-0.2, 0) is 6.42 Å². The predicted octanol–water partition coefficient (Wildman–Crippen LogP) is 3.50. The number of thiophene rings is 1. The zero-order chi connectivity index (χ0) is 16.1. The number of carbonyl (C=O) groups excluding carboxylic acids is 1. The maximum Gasteiger partial charge on any atom is 0.251 e. The summed E-state index contributed by atoms with van der Waals surface area (Å²) in [6, 6.07) is 12.4. The lowest BCUT2D eigenvalue weighted by Crippen LogP contribution is -2.29. The summed E-state index contributed by atoms with van der Waals surface area (Å²) in [5.74, 6) is 0.564. The van der Waals surface area contributed by atoms with Crippen molar-refractivity contribution in [1.82, 2.24) is 10.6 Å². The van der Waals surface area contributed by atoms with Gasteiger partial charge in [0.25, 0.3) is 5.91 Å². The van der Waals surface area contributed by atoms with Crippen molar-refractivity contribution in [2.45, 2.75) is 32.1 Å². The third kappa shape index (κ3) is 4.43. The SMILES string of the molecule is Cc1ccc(CCNC(=O)c2cccc(C3CCCNC3)c2)s1. The molecule has 1 amide bonds. The van der Waals surface area contributed by atoms with Crippen LogP contribution in [0.1, 0.15) is 44.4 Å². The number of aryl methyl sites for hydroxylation is 1. The molecule has 2 aromatic rings. The van der Waals surface area contributed by atoms with Gasteiger partial charge in [0.05, 0.1) is 0 Å². The third-order valence-corrected chi connectivity index (χ3v) is 5.43. The van der Waals surface area contributed by atoms with E-state index >= 15 is 0 Å². The molecular formula is C19H24N2OS. The Bertz CT molecular complexity index is 659. The fraction of sp³-hybridized carbons (Fsp3) is 0.421. The molecule has 1 unspecified atom stereocenters. The summed E-state index contributed by atoms with van der Waals surface area (Å²) >= 11 is 1.80. The highest BCUT2D eigenvalue weighted by molar-refractivity contribution is 7.11. The quantitative estimate of drug-likeness (QED) is 0.882. The number of amides is 1. The molecule has 3 rings (SSSR count). The first-order valence-corrected chi connectivity index (χ1v) is 9.18. The van der Waals surface area contributed by atoms with Gasteiger partial charge in [-0.15, -0.1) is 11.3 Å². The number of nitrogens with one attached hydrogen (secondary N) is 2. The maximum absolute atomic E-state index is 12.4. The molecule has 3 nitrogen and oxygen atoms in total. The largest absolute Gasteiger partial charge is 0.352 e. The van der Waals surface area contributed by atoms with Gasteiger partial charge in [0.1, 0.15) is 0 Å². The molecule has 0 aliphatic carbocycles. The number of carbonyl (C=O) groups is 1. The Morgan fingerprint density at radius 1 is 1.35 bits per heavy atom. The van der Waals surface area contributed by atoms with Gasteiger partial charge in [-0.2, -0.15) is 0 Å². The molecule has 0 radical (unpaired) electrons. The molecule has 122 valence electrons. The Hall–Kier alpha value is -1.65. The fourth-order valence-corrected chi connectivity index (χ4v) is 3.98. The molecule has 1 aliphatic heterocycles. The van der Waals surface area contributed by atoms with Crippen molar-refractivity contribution in [2.75, 3.05) is 19.6 Å². The molecule has 1 fully saturated rings. The van der Waals surface area contributed by atoms with E-state index in [1.807, 2.05) is 12.1 Å². The minimum atomic E-state index is 0.0314. The Morgan fingerprint density at radius 3 is 3.00 bits per heavy atom. The summed E-state index contributed by atoms with van der Waals surface area (Å²) in [5.41, 5.74) is 2.05. The normalized spacial score (nSPS) is 17.9. The lowest BCUT2D eigenvalue weighted by Gasteiger charge is -2.23. The monoisotopic (exact) mass is 328 g/mol. The van der Waals surface area contributed by atoms with Crippen LogP contribution in [0.3, 0.4) is 0 Å². The summed E-state index contributed by atoms with van der Waals surface area (Å²) in [6.45, 7) is 4.92. The van der Waals surface area contributed by atoms with Crippen molar-refractivity contribution in [3.63, 3.8) is 0 Å². The predicted molar refractivity (Wildman–Crippen MR) is 96.4 cm³/mol. The number of hydrogen-bond acceptors (Lipinski definition) is 3. The highest BCUT2D eigenvalue weighted by Crippen LogP contribution is 2.23. The highest BCUT2D eigenvalue weighted by atomic mass is 32.1. The van der Waals surface area contributed by atoms with Gasteiger partial charge in [0, 0.05) is 28.4 Å². The van der Waals surface area contributed by atoms with E-state index in [1.54, 1.807) is 11.3 Å². The molecule has 2 N–H and O–H groups in total. The molecule has 23 heavy (non-hydrogen) atoms. The molecule has 1 saturated heterocycles. The van der Waals surface area contributed by atoms with Crippen molar-refractivity contribution in [3.8, 4) is 0 Å². The summed E-state index contributed by atoms with van der Waals surface area (Å²) < 4.78 is 0. The third-order valence-electron chi connectivity index (χ3n) is 4.37. The molecular weight excluding hydrogens is 304 g/mol. The van der Waals surface area contributed by atoms with Gasteiger partial charge < -0.3 is 10.6 Å². The Balaban J connectivity index is 1.56. The number of benzene rings is 1. The van der Waals surface area contributed by atoms with Crippen LogP contribution in [0.25, 0.3) is 0 Å². The average molecular weight is 328 g/mol. The van der Waals surface area contributed by atoms with Crippen LogP contribution < -0.4 is 10.6 Å². The number of hydrogen-bond donors (Lipinski definition) is 2. The first-order chi connectivity index (χ1) is 11.2. The molecule has 1 aliphatic rings. The summed E-state index contributed by atoms with van der Waals surface area (Å²) in [5, 5.41) is 6.48. The zero-order valence-corrected chi connectivity index (χ0v) is 14.4. The van der Waals surface area contributed by atoms with Crippen molar-refractivity contribution < 1.29 is 4.79 Å². The van der Waals surface area contributed by atoms with Gasteiger partial charge >= 0.3 is 0 Å². The van der Waals surface area contributed by atoms with Crippen LogP contribution in [0.4, 0.5) is 0 Å². The second kappa shape index (κ2) is 7.75. The van der Waals surface area contributed by atoms with E-state index in [0.29, 0.717) is 12.5 Å². The summed E-state index contributed by atoms with van der Waals surface area (Å²) in [7, 11) is 0. The lowest BCUT2D eigenvalue weighted by atomic mass is 9.90. The Kier molecular flexibility index (Phi) is 5.47. The number of rotatable bonds is 5. The van der Waals surface area contributed by atoms with Crippen molar-refractivity contribution >= 4 is 17.2 Å². The summed E-state index contributed by atoms with van der Waals surface area (Å²) in [4.78, 5) is 15.0. The Morgan fingerprint density at radius 2 is 2.26 bits per heavy atom. The van der Waals surface area contributed by atoms with E-state index < -0.39 is 0 Å². The van der Waals surface area contributed by atoms with E-state index in [2.05, 4.69) is 41.8 Å². The van der Waals surface area contributed by atoms with Gasteiger partial charge in [-0.1, -0.05) is 12.1 Å². The molecule has 0 bridgehead atoms. The molecule has 1 aromatic carbocycles. The topological polar surface area (TPSA) is 41.1 Å². The molecule has 0 spiro atoms. The van der Waals surface area contributed by atoms with Crippen LogP contribution in [0, 0.1) is 6.92 Å². The van der Waals surface area contributed by atoms with Gasteiger partial charge in [0.15, 0.2) is 0 Å². The molecule has 1 atom stereocenters. The van der Waals surface area contributed by atoms with Gasteiger partial charge in [0.2, 0.25) is 0 Å².